The first kappa shape index (κ1) is 8.81. The zero-order valence-electron chi connectivity index (χ0n) is 5.46. The summed E-state index contributed by atoms with van der Waals surface area (Å²) in [6, 6.07) is 0. The second-order valence-corrected chi connectivity index (χ2v) is 2.28. The van der Waals surface area contributed by atoms with Crippen molar-refractivity contribution in [2.24, 2.45) is 0 Å². The van der Waals surface area contributed by atoms with Crippen LogP contribution in [0.4, 0.5) is 0 Å². The lowest BCUT2D eigenvalue weighted by atomic mass is 10.3. The van der Waals surface area contributed by atoms with Crippen molar-refractivity contribution < 1.29 is 12.9 Å². The number of rotatable bonds is 3. The summed E-state index contributed by atoms with van der Waals surface area (Å²) in [5.41, 5.74) is 0.942. The molecule has 0 aliphatic carbocycles. The van der Waals surface area contributed by atoms with Crippen LogP contribution in [0.3, 0.4) is 0 Å². The molecule has 3 nitrogen and oxygen atoms in total. The van der Waals surface area contributed by atoms with Crippen molar-refractivity contribution >= 4 is 11.4 Å². The fourth-order valence-corrected chi connectivity index (χ4v) is 0.513. The second-order valence-electron chi connectivity index (χ2n) is 1.61. The third kappa shape index (κ3) is 5.68. The molecule has 1 N–H and O–H groups in total. The van der Waals surface area contributed by atoms with Crippen LogP contribution in [0.2, 0.25) is 0 Å². The van der Waals surface area contributed by atoms with Crippen LogP contribution in [0.5, 0.6) is 0 Å². The lowest BCUT2D eigenvalue weighted by molar-refractivity contribution is 0.334. The molecule has 4 heteroatoms. The van der Waals surface area contributed by atoms with E-state index in [9.17, 15) is 4.21 Å². The van der Waals surface area contributed by atoms with Crippen LogP contribution >= 0.6 is 0 Å². The van der Waals surface area contributed by atoms with Gasteiger partial charge in [-0.25, -0.2) is 0 Å². The maximum Gasteiger partial charge on any atom is 0.302 e. The van der Waals surface area contributed by atoms with Crippen molar-refractivity contribution in [1.82, 2.24) is 0 Å². The Hall–Kier alpha value is -0.190. The number of allylic oxidation sites excluding steroid dienone is 1. The Labute approximate surface area is 57.2 Å². The van der Waals surface area contributed by atoms with Gasteiger partial charge in [0.15, 0.2) is 0 Å². The predicted molar refractivity (Wildman–Crippen MR) is 36.2 cm³/mol. The molecule has 0 aliphatic rings. The largest absolute Gasteiger partial charge is 0.302 e. The van der Waals surface area contributed by atoms with Crippen LogP contribution in [-0.2, 0) is 15.5 Å². The van der Waals surface area contributed by atoms with Gasteiger partial charge in [-0.15, -0.1) is 0 Å². The molecular weight excluding hydrogens is 140 g/mol. The Balaban J connectivity index is 3.39. The van der Waals surface area contributed by atoms with Crippen LogP contribution in [0.15, 0.2) is 11.6 Å². The molecule has 1 atom stereocenters. The van der Waals surface area contributed by atoms with E-state index in [1.165, 1.54) is 0 Å². The van der Waals surface area contributed by atoms with Crippen LogP contribution in [-0.4, -0.2) is 15.4 Å². The Morgan fingerprint density at radius 3 is 2.78 bits per heavy atom. The third-order valence-corrected chi connectivity index (χ3v) is 1.20. The van der Waals surface area contributed by atoms with E-state index >= 15 is 0 Å². The van der Waals surface area contributed by atoms with E-state index in [0.717, 1.165) is 5.57 Å². The summed E-state index contributed by atoms with van der Waals surface area (Å²) in [5.74, 6) is 0. The molecule has 0 aromatic carbocycles. The first-order valence-electron chi connectivity index (χ1n) is 2.52. The predicted octanol–water partition coefficient (Wildman–Crippen LogP) is 1.11. The second kappa shape index (κ2) is 4.67. The fraction of sp³-hybridized carbons (Fsp3) is 0.600. The fourth-order valence-electron chi connectivity index (χ4n) is 0.227. The van der Waals surface area contributed by atoms with E-state index in [2.05, 4.69) is 4.18 Å². The molecule has 0 saturated carbocycles. The third-order valence-electron chi connectivity index (χ3n) is 0.880. The molecule has 0 aromatic rings. The number of hydrogen-bond donors (Lipinski definition) is 1. The molecule has 0 aliphatic heterocycles. The minimum atomic E-state index is -2.13. The summed E-state index contributed by atoms with van der Waals surface area (Å²) in [5, 5.41) is 0. The summed E-state index contributed by atoms with van der Waals surface area (Å²) in [4.78, 5) is 0. The minimum Gasteiger partial charge on any atom is -0.284 e. The first-order valence-corrected chi connectivity index (χ1v) is 3.56. The molecule has 0 bridgehead atoms. The summed E-state index contributed by atoms with van der Waals surface area (Å²) in [6.45, 7) is 3.89. The minimum absolute atomic E-state index is 0.222. The standard InChI is InChI=1S/C5H10O3S/c1-3-5(2)4-8-9(6)7/h3H,4H2,1-2H3,(H,6,7)/b5-3+. The van der Waals surface area contributed by atoms with E-state index in [1.807, 2.05) is 19.9 Å². The van der Waals surface area contributed by atoms with Crippen LogP contribution in [0.1, 0.15) is 13.8 Å². The highest BCUT2D eigenvalue weighted by Crippen LogP contribution is 1.92. The van der Waals surface area contributed by atoms with Crippen molar-refractivity contribution in [3.05, 3.63) is 11.6 Å². The van der Waals surface area contributed by atoms with Gasteiger partial charge in [-0.05, 0) is 13.8 Å². The van der Waals surface area contributed by atoms with Crippen molar-refractivity contribution in [3.63, 3.8) is 0 Å². The van der Waals surface area contributed by atoms with Crippen molar-refractivity contribution in [2.75, 3.05) is 6.61 Å². The van der Waals surface area contributed by atoms with Gasteiger partial charge in [-0.3, -0.25) is 8.74 Å². The SMILES string of the molecule is C/C=C(\C)COS(=O)O. The zero-order valence-corrected chi connectivity index (χ0v) is 6.27. The number of hydrogen-bond acceptors (Lipinski definition) is 2. The van der Waals surface area contributed by atoms with Gasteiger partial charge in [-0.2, -0.15) is 4.21 Å². The monoisotopic (exact) mass is 150 g/mol. The molecule has 0 saturated heterocycles. The summed E-state index contributed by atoms with van der Waals surface area (Å²) >= 11 is -2.13. The molecule has 0 aromatic heterocycles. The Bertz CT molecular complexity index is 130. The van der Waals surface area contributed by atoms with Gasteiger partial charge in [-0.1, -0.05) is 11.6 Å². The molecule has 0 rings (SSSR count). The summed E-state index contributed by atoms with van der Waals surface area (Å²) in [7, 11) is 0. The van der Waals surface area contributed by atoms with Crippen LogP contribution in [0, 0.1) is 0 Å². The smallest absolute Gasteiger partial charge is 0.284 e. The van der Waals surface area contributed by atoms with Gasteiger partial charge >= 0.3 is 11.4 Å². The normalized spacial score (nSPS) is 15.7. The summed E-state index contributed by atoms with van der Waals surface area (Å²) < 4.78 is 22.4. The van der Waals surface area contributed by atoms with Crippen molar-refractivity contribution in [1.29, 1.82) is 0 Å². The first-order chi connectivity index (χ1) is 4.16. The lowest BCUT2D eigenvalue weighted by Gasteiger charge is -1.95. The van der Waals surface area contributed by atoms with Crippen molar-refractivity contribution in [2.45, 2.75) is 13.8 Å². The molecule has 54 valence electrons. The molecular formula is C5H10O3S. The van der Waals surface area contributed by atoms with Gasteiger partial charge in [0, 0.05) is 0 Å². The average Bonchev–Trinajstić information content (AvgIpc) is 1.83. The van der Waals surface area contributed by atoms with Gasteiger partial charge in [0.25, 0.3) is 0 Å². The van der Waals surface area contributed by atoms with Gasteiger partial charge in [0.2, 0.25) is 0 Å². The van der Waals surface area contributed by atoms with Crippen LogP contribution in [0.25, 0.3) is 0 Å². The Morgan fingerprint density at radius 1 is 1.89 bits per heavy atom. The quantitative estimate of drug-likeness (QED) is 0.484. The molecule has 0 spiro atoms. The van der Waals surface area contributed by atoms with Crippen LogP contribution < -0.4 is 0 Å². The maximum absolute atomic E-state index is 9.88. The molecule has 0 radical (unpaired) electrons. The molecule has 0 amide bonds. The average molecular weight is 150 g/mol. The highest BCUT2D eigenvalue weighted by molar-refractivity contribution is 7.74. The highest BCUT2D eigenvalue weighted by Gasteiger charge is 1.91. The van der Waals surface area contributed by atoms with Gasteiger partial charge in [0.05, 0.1) is 6.61 Å². The molecule has 0 heterocycles. The maximum atomic E-state index is 9.88. The lowest BCUT2D eigenvalue weighted by Crippen LogP contribution is -1.97. The zero-order chi connectivity index (χ0) is 7.28. The molecule has 9 heavy (non-hydrogen) atoms. The topological polar surface area (TPSA) is 46.5 Å². The molecule has 1 unspecified atom stereocenters. The van der Waals surface area contributed by atoms with E-state index in [1.54, 1.807) is 0 Å². The van der Waals surface area contributed by atoms with E-state index in [4.69, 9.17) is 4.55 Å². The van der Waals surface area contributed by atoms with E-state index in [0.29, 0.717) is 0 Å². The van der Waals surface area contributed by atoms with Crippen molar-refractivity contribution in [3.8, 4) is 0 Å². The Morgan fingerprint density at radius 2 is 2.44 bits per heavy atom. The van der Waals surface area contributed by atoms with Gasteiger partial charge in [0.1, 0.15) is 0 Å². The van der Waals surface area contributed by atoms with Gasteiger partial charge < -0.3 is 0 Å². The highest BCUT2D eigenvalue weighted by atomic mass is 32.2. The van der Waals surface area contributed by atoms with E-state index in [-0.39, 0.29) is 6.61 Å². The molecule has 0 fully saturated rings. The van der Waals surface area contributed by atoms with E-state index < -0.39 is 11.4 Å². The Kier molecular flexibility index (Phi) is 4.57. The summed E-state index contributed by atoms with van der Waals surface area (Å²) in [6.07, 6.45) is 1.83.